The van der Waals surface area contributed by atoms with Crippen molar-refractivity contribution < 1.29 is 9.90 Å². The Labute approximate surface area is 120 Å². The number of rotatable bonds is 3. The Morgan fingerprint density at radius 3 is 3.05 bits per heavy atom. The number of nitrogens with one attached hydrogen (secondary N) is 1. The highest BCUT2D eigenvalue weighted by atomic mass is 32.2. The molecule has 2 aromatic rings. The second-order valence-corrected chi connectivity index (χ2v) is 6.11. The van der Waals surface area contributed by atoms with E-state index in [1.165, 1.54) is 6.20 Å². The summed E-state index contributed by atoms with van der Waals surface area (Å²) in [5.74, 6) is 1.15. The summed E-state index contributed by atoms with van der Waals surface area (Å²) in [7, 11) is 1.82. The lowest BCUT2D eigenvalue weighted by molar-refractivity contribution is 0.0697. The smallest absolute Gasteiger partial charge is 0.339 e. The first-order chi connectivity index (χ1) is 9.58. The molecule has 1 aliphatic heterocycles. The SMILES string of the molecule is Cc1nn(C)c2ncc(C(=O)O)c(NC3CCSC3)c12. The number of hydrogen-bond donors (Lipinski definition) is 2. The maximum atomic E-state index is 11.4. The van der Waals surface area contributed by atoms with Gasteiger partial charge in [-0.15, -0.1) is 0 Å². The molecular formula is C13H16N4O2S. The zero-order valence-electron chi connectivity index (χ0n) is 11.4. The van der Waals surface area contributed by atoms with Gasteiger partial charge in [-0.2, -0.15) is 16.9 Å². The molecule has 1 saturated heterocycles. The Morgan fingerprint density at radius 2 is 2.40 bits per heavy atom. The third kappa shape index (κ3) is 2.11. The van der Waals surface area contributed by atoms with Crippen LogP contribution in [0.3, 0.4) is 0 Å². The van der Waals surface area contributed by atoms with Crippen LogP contribution in [-0.2, 0) is 7.05 Å². The number of anilines is 1. The van der Waals surface area contributed by atoms with Crippen molar-refractivity contribution in [3.8, 4) is 0 Å². The Balaban J connectivity index is 2.17. The van der Waals surface area contributed by atoms with Gasteiger partial charge < -0.3 is 10.4 Å². The first kappa shape index (κ1) is 13.2. The summed E-state index contributed by atoms with van der Waals surface area (Å²) in [5.41, 5.74) is 2.37. The van der Waals surface area contributed by atoms with E-state index < -0.39 is 5.97 Å². The summed E-state index contributed by atoms with van der Waals surface area (Å²) in [6, 6.07) is 0.309. The van der Waals surface area contributed by atoms with Crippen molar-refractivity contribution in [3.05, 3.63) is 17.5 Å². The summed E-state index contributed by atoms with van der Waals surface area (Å²) < 4.78 is 1.69. The van der Waals surface area contributed by atoms with Gasteiger partial charge in [-0.1, -0.05) is 0 Å². The zero-order valence-corrected chi connectivity index (χ0v) is 12.2. The number of hydrogen-bond acceptors (Lipinski definition) is 5. The average Bonchev–Trinajstić information content (AvgIpc) is 2.99. The molecule has 1 aliphatic rings. The van der Waals surface area contributed by atoms with Gasteiger partial charge in [0.05, 0.1) is 16.8 Å². The number of fused-ring (bicyclic) bond motifs is 1. The van der Waals surface area contributed by atoms with Gasteiger partial charge in [-0.3, -0.25) is 4.68 Å². The number of carbonyl (C=O) groups is 1. The molecule has 0 saturated carbocycles. The fraction of sp³-hybridized carbons (Fsp3) is 0.462. The minimum atomic E-state index is -0.962. The van der Waals surface area contributed by atoms with Crippen molar-refractivity contribution >= 4 is 34.5 Å². The predicted octanol–water partition coefficient (Wildman–Crippen LogP) is 1.89. The van der Waals surface area contributed by atoms with Gasteiger partial charge in [0, 0.05) is 25.0 Å². The van der Waals surface area contributed by atoms with Crippen LogP contribution in [0.25, 0.3) is 11.0 Å². The van der Waals surface area contributed by atoms with E-state index in [4.69, 9.17) is 0 Å². The van der Waals surface area contributed by atoms with Gasteiger partial charge in [-0.05, 0) is 19.1 Å². The monoisotopic (exact) mass is 292 g/mol. The largest absolute Gasteiger partial charge is 0.478 e. The van der Waals surface area contributed by atoms with E-state index in [0.29, 0.717) is 17.4 Å². The number of carboxylic acids is 1. The third-order valence-electron chi connectivity index (χ3n) is 3.54. The summed E-state index contributed by atoms with van der Waals surface area (Å²) in [6.07, 6.45) is 2.46. The van der Waals surface area contributed by atoms with Crippen molar-refractivity contribution in [1.29, 1.82) is 0 Å². The molecule has 1 fully saturated rings. The molecular weight excluding hydrogens is 276 g/mol. The van der Waals surface area contributed by atoms with E-state index in [0.717, 1.165) is 29.0 Å². The highest BCUT2D eigenvalue weighted by molar-refractivity contribution is 7.99. The molecule has 2 aromatic heterocycles. The highest BCUT2D eigenvalue weighted by Gasteiger charge is 2.23. The highest BCUT2D eigenvalue weighted by Crippen LogP contribution is 2.31. The molecule has 20 heavy (non-hydrogen) atoms. The van der Waals surface area contributed by atoms with Crippen LogP contribution in [0, 0.1) is 6.92 Å². The molecule has 0 aromatic carbocycles. The summed E-state index contributed by atoms with van der Waals surface area (Å²) in [4.78, 5) is 15.7. The molecule has 106 valence electrons. The van der Waals surface area contributed by atoms with E-state index in [-0.39, 0.29) is 5.56 Å². The van der Waals surface area contributed by atoms with E-state index in [2.05, 4.69) is 15.4 Å². The van der Waals surface area contributed by atoms with E-state index >= 15 is 0 Å². The standard InChI is InChI=1S/C13H16N4O2S/c1-7-10-11(15-8-3-4-20-6-8)9(13(18)19)5-14-12(10)17(2)16-7/h5,8H,3-4,6H2,1-2H3,(H,14,15)(H,18,19). The first-order valence-corrected chi connectivity index (χ1v) is 7.63. The van der Waals surface area contributed by atoms with Crippen LogP contribution in [0.1, 0.15) is 22.5 Å². The van der Waals surface area contributed by atoms with Crippen LogP contribution in [0.4, 0.5) is 5.69 Å². The zero-order chi connectivity index (χ0) is 14.3. The van der Waals surface area contributed by atoms with Gasteiger partial charge in [0.15, 0.2) is 5.65 Å². The molecule has 6 nitrogen and oxygen atoms in total. The molecule has 3 heterocycles. The second kappa shape index (κ2) is 4.97. The van der Waals surface area contributed by atoms with Gasteiger partial charge in [0.1, 0.15) is 5.56 Å². The normalized spacial score (nSPS) is 18.6. The number of aromatic carboxylic acids is 1. The van der Waals surface area contributed by atoms with Gasteiger partial charge in [-0.25, -0.2) is 9.78 Å². The minimum absolute atomic E-state index is 0.213. The molecule has 3 rings (SSSR count). The van der Waals surface area contributed by atoms with Gasteiger partial charge in [0.25, 0.3) is 0 Å². The summed E-state index contributed by atoms with van der Waals surface area (Å²) >= 11 is 1.88. The fourth-order valence-electron chi connectivity index (χ4n) is 2.58. The van der Waals surface area contributed by atoms with Crippen molar-refractivity contribution in [1.82, 2.24) is 14.8 Å². The number of aromatic nitrogens is 3. The van der Waals surface area contributed by atoms with Gasteiger partial charge in [0.2, 0.25) is 0 Å². The van der Waals surface area contributed by atoms with Crippen LogP contribution < -0.4 is 5.32 Å². The molecule has 0 radical (unpaired) electrons. The number of nitrogens with zero attached hydrogens (tertiary/aromatic N) is 3. The number of aryl methyl sites for hydroxylation is 2. The Kier molecular flexibility index (Phi) is 3.29. The van der Waals surface area contributed by atoms with Gasteiger partial charge >= 0.3 is 5.97 Å². The van der Waals surface area contributed by atoms with Crippen molar-refractivity contribution in [2.24, 2.45) is 7.05 Å². The van der Waals surface area contributed by atoms with Crippen molar-refractivity contribution in [3.63, 3.8) is 0 Å². The van der Waals surface area contributed by atoms with E-state index in [1.807, 2.05) is 25.7 Å². The summed E-state index contributed by atoms with van der Waals surface area (Å²) in [6.45, 7) is 1.88. The van der Waals surface area contributed by atoms with Crippen LogP contribution >= 0.6 is 11.8 Å². The fourth-order valence-corrected chi connectivity index (χ4v) is 3.73. The quantitative estimate of drug-likeness (QED) is 0.899. The lowest BCUT2D eigenvalue weighted by Crippen LogP contribution is -2.20. The van der Waals surface area contributed by atoms with Crippen molar-refractivity contribution in [2.75, 3.05) is 16.8 Å². The number of thioether (sulfide) groups is 1. The average molecular weight is 292 g/mol. The summed E-state index contributed by atoms with van der Waals surface area (Å²) in [5, 5.41) is 17.9. The Morgan fingerprint density at radius 1 is 1.60 bits per heavy atom. The molecule has 0 aliphatic carbocycles. The molecule has 1 unspecified atom stereocenters. The van der Waals surface area contributed by atoms with E-state index in [9.17, 15) is 9.90 Å². The Bertz CT molecular complexity index is 677. The van der Waals surface area contributed by atoms with Crippen LogP contribution in [0.2, 0.25) is 0 Å². The van der Waals surface area contributed by atoms with Crippen LogP contribution in [0.5, 0.6) is 0 Å². The van der Waals surface area contributed by atoms with Crippen LogP contribution in [0.15, 0.2) is 6.20 Å². The lowest BCUT2D eigenvalue weighted by Gasteiger charge is -2.16. The molecule has 1 atom stereocenters. The number of carboxylic acid groups (broad SMARTS) is 1. The maximum Gasteiger partial charge on any atom is 0.339 e. The lowest BCUT2D eigenvalue weighted by atomic mass is 10.1. The van der Waals surface area contributed by atoms with E-state index in [1.54, 1.807) is 4.68 Å². The molecule has 0 amide bonds. The molecule has 0 spiro atoms. The molecule has 7 heteroatoms. The van der Waals surface area contributed by atoms with Crippen LogP contribution in [-0.4, -0.2) is 43.4 Å². The first-order valence-electron chi connectivity index (χ1n) is 6.48. The molecule has 0 bridgehead atoms. The maximum absolute atomic E-state index is 11.4. The topological polar surface area (TPSA) is 80.0 Å². The second-order valence-electron chi connectivity index (χ2n) is 4.96. The number of pyridine rings is 1. The minimum Gasteiger partial charge on any atom is -0.478 e. The van der Waals surface area contributed by atoms with Crippen molar-refractivity contribution in [2.45, 2.75) is 19.4 Å². The predicted molar refractivity (Wildman–Crippen MR) is 79.6 cm³/mol. The third-order valence-corrected chi connectivity index (χ3v) is 4.70. The molecule has 2 N–H and O–H groups in total. The Hall–Kier alpha value is -1.76.